The third kappa shape index (κ3) is 3.73. The van der Waals surface area contributed by atoms with E-state index >= 15 is 0 Å². The maximum absolute atomic E-state index is 12.0. The van der Waals surface area contributed by atoms with Crippen molar-refractivity contribution >= 4 is 11.6 Å². The molecule has 1 heterocycles. The summed E-state index contributed by atoms with van der Waals surface area (Å²) in [7, 11) is 0. The van der Waals surface area contributed by atoms with Gasteiger partial charge in [0.15, 0.2) is 5.88 Å². The lowest BCUT2D eigenvalue weighted by Gasteiger charge is -2.28. The maximum atomic E-state index is 12.0. The summed E-state index contributed by atoms with van der Waals surface area (Å²) < 4.78 is 1.95. The summed E-state index contributed by atoms with van der Waals surface area (Å²) >= 11 is 0. The second-order valence-electron chi connectivity index (χ2n) is 8.37. The van der Waals surface area contributed by atoms with Crippen molar-refractivity contribution in [2.45, 2.75) is 76.9 Å². The second-order valence-corrected chi connectivity index (χ2v) is 8.37. The highest BCUT2D eigenvalue weighted by atomic mass is 16.3. The predicted molar refractivity (Wildman–Crippen MR) is 114 cm³/mol. The minimum atomic E-state index is -0.470. The Balaban J connectivity index is 1.74. The van der Waals surface area contributed by atoms with Gasteiger partial charge >= 0.3 is 0 Å². The fourth-order valence-electron chi connectivity index (χ4n) is 4.95. The smallest absolute Gasteiger partial charge is 0.250 e. The van der Waals surface area contributed by atoms with Crippen LogP contribution < -0.4 is 11.1 Å². The molecule has 29 heavy (non-hydrogen) atoms. The van der Waals surface area contributed by atoms with Gasteiger partial charge in [-0.3, -0.25) is 9.36 Å². The molecule has 1 saturated carbocycles. The van der Waals surface area contributed by atoms with Crippen LogP contribution in [0.1, 0.15) is 72.6 Å². The number of hydrogen-bond donors (Lipinski definition) is 4. The first-order valence-electron chi connectivity index (χ1n) is 10.8. The van der Waals surface area contributed by atoms with E-state index in [0.29, 0.717) is 17.1 Å². The third-order valence-corrected chi connectivity index (χ3v) is 6.49. The largest absolute Gasteiger partial charge is 0.494 e. The number of nitrogens with two attached hydrogens (primary N) is 1. The number of amides is 1. The van der Waals surface area contributed by atoms with Gasteiger partial charge < -0.3 is 21.3 Å². The van der Waals surface area contributed by atoms with Crippen molar-refractivity contribution in [3.05, 3.63) is 40.6 Å². The van der Waals surface area contributed by atoms with Gasteiger partial charge in [0.05, 0.1) is 17.4 Å². The number of anilines is 1. The summed E-state index contributed by atoms with van der Waals surface area (Å²) in [5, 5.41) is 24.2. The number of aliphatic hydroxyl groups is 1. The van der Waals surface area contributed by atoms with Crippen molar-refractivity contribution in [1.29, 1.82) is 0 Å². The SMILES string of the molecule is CCc1c2c(n(-c3ccc(C(N)=O)c(NC4CCC(O)CC4)c3)c1O)CCCC2. The number of nitrogens with one attached hydrogen (secondary N) is 1. The van der Waals surface area contributed by atoms with E-state index in [4.69, 9.17) is 5.73 Å². The van der Waals surface area contributed by atoms with Gasteiger partial charge in [0.25, 0.3) is 5.91 Å². The van der Waals surface area contributed by atoms with E-state index in [2.05, 4.69) is 12.2 Å². The van der Waals surface area contributed by atoms with Gasteiger partial charge in [0, 0.05) is 23.0 Å². The van der Waals surface area contributed by atoms with Crippen molar-refractivity contribution in [3.8, 4) is 11.6 Å². The molecule has 156 valence electrons. The van der Waals surface area contributed by atoms with Gasteiger partial charge in [-0.15, -0.1) is 0 Å². The quantitative estimate of drug-likeness (QED) is 0.621. The summed E-state index contributed by atoms with van der Waals surface area (Å²) in [4.78, 5) is 12.0. The van der Waals surface area contributed by atoms with Crippen LogP contribution in [0.2, 0.25) is 0 Å². The number of nitrogens with zero attached hydrogens (tertiary/aromatic N) is 1. The molecule has 6 nitrogen and oxygen atoms in total. The minimum absolute atomic E-state index is 0.199. The van der Waals surface area contributed by atoms with Gasteiger partial charge in [-0.2, -0.15) is 0 Å². The Bertz CT molecular complexity index is 911. The highest BCUT2D eigenvalue weighted by Crippen LogP contribution is 2.38. The number of primary amides is 1. The molecule has 0 aliphatic heterocycles. The number of rotatable bonds is 5. The van der Waals surface area contributed by atoms with Crippen LogP contribution in [0.3, 0.4) is 0 Å². The number of fused-ring (bicyclic) bond motifs is 1. The van der Waals surface area contributed by atoms with Crippen molar-refractivity contribution in [2.24, 2.45) is 5.73 Å². The van der Waals surface area contributed by atoms with Crippen LogP contribution in [0.4, 0.5) is 5.69 Å². The zero-order chi connectivity index (χ0) is 20.5. The predicted octanol–water partition coefficient (Wildman–Crippen LogP) is 3.44. The zero-order valence-corrected chi connectivity index (χ0v) is 17.1. The molecule has 0 spiro atoms. The Morgan fingerprint density at radius 3 is 2.62 bits per heavy atom. The molecular weight excluding hydrogens is 366 g/mol. The average Bonchev–Trinajstić information content (AvgIpc) is 3.00. The van der Waals surface area contributed by atoms with E-state index in [1.54, 1.807) is 6.07 Å². The average molecular weight is 398 g/mol. The maximum Gasteiger partial charge on any atom is 0.250 e. The Labute approximate surface area is 171 Å². The van der Waals surface area contributed by atoms with Crippen LogP contribution in [-0.4, -0.2) is 32.8 Å². The van der Waals surface area contributed by atoms with Crippen molar-refractivity contribution < 1.29 is 15.0 Å². The summed E-state index contributed by atoms with van der Waals surface area (Å²) in [6.07, 6.45) is 8.03. The molecule has 1 aromatic carbocycles. The first-order chi connectivity index (χ1) is 14.0. The van der Waals surface area contributed by atoms with Crippen molar-refractivity contribution in [2.75, 3.05) is 5.32 Å². The Morgan fingerprint density at radius 1 is 1.21 bits per heavy atom. The summed E-state index contributed by atoms with van der Waals surface area (Å²) in [6, 6.07) is 5.74. The van der Waals surface area contributed by atoms with Crippen LogP contribution in [0.25, 0.3) is 5.69 Å². The molecule has 1 fully saturated rings. The lowest BCUT2D eigenvalue weighted by Crippen LogP contribution is -2.29. The molecule has 5 N–H and O–H groups in total. The zero-order valence-electron chi connectivity index (χ0n) is 17.1. The van der Waals surface area contributed by atoms with E-state index in [1.165, 1.54) is 11.3 Å². The van der Waals surface area contributed by atoms with Crippen LogP contribution in [0.15, 0.2) is 18.2 Å². The Hall–Kier alpha value is -2.47. The number of aromatic nitrogens is 1. The van der Waals surface area contributed by atoms with Crippen molar-refractivity contribution in [3.63, 3.8) is 0 Å². The fourth-order valence-corrected chi connectivity index (χ4v) is 4.95. The normalized spacial score (nSPS) is 21.6. The van der Waals surface area contributed by atoms with Gasteiger partial charge in [-0.1, -0.05) is 6.92 Å². The lowest BCUT2D eigenvalue weighted by molar-refractivity contribution is 0.100. The first kappa shape index (κ1) is 19.8. The number of benzene rings is 1. The van der Waals surface area contributed by atoms with Gasteiger partial charge in [-0.25, -0.2) is 0 Å². The monoisotopic (exact) mass is 397 g/mol. The molecule has 4 rings (SSSR count). The van der Waals surface area contributed by atoms with Crippen molar-refractivity contribution in [1.82, 2.24) is 4.57 Å². The third-order valence-electron chi connectivity index (χ3n) is 6.49. The second kappa shape index (κ2) is 8.11. The summed E-state index contributed by atoms with van der Waals surface area (Å²) in [5.41, 5.74) is 11.1. The molecule has 2 aliphatic carbocycles. The minimum Gasteiger partial charge on any atom is -0.494 e. The number of hydrogen-bond acceptors (Lipinski definition) is 4. The van der Waals surface area contributed by atoms with Gasteiger partial charge in [0.1, 0.15) is 0 Å². The Morgan fingerprint density at radius 2 is 1.93 bits per heavy atom. The number of carbonyl (C=O) groups is 1. The van der Waals surface area contributed by atoms with Gasteiger partial charge in [-0.05, 0) is 81.5 Å². The van der Waals surface area contributed by atoms with E-state index in [1.807, 2.05) is 16.7 Å². The van der Waals surface area contributed by atoms with Crippen LogP contribution in [0, 0.1) is 0 Å². The molecule has 1 aromatic heterocycles. The van der Waals surface area contributed by atoms with E-state index in [0.717, 1.165) is 69.0 Å². The standard InChI is InChI=1S/C23H31N3O3/c1-2-17-18-5-3-4-6-21(18)26(23(17)29)15-9-12-19(22(24)28)20(13-15)25-14-7-10-16(27)11-8-14/h9,12-14,16,25,27,29H,2-8,10-11H2,1H3,(H2,24,28). The van der Waals surface area contributed by atoms with E-state index in [-0.39, 0.29) is 12.1 Å². The molecule has 0 bridgehead atoms. The van der Waals surface area contributed by atoms with Crippen LogP contribution in [-0.2, 0) is 19.3 Å². The lowest BCUT2D eigenvalue weighted by atomic mass is 9.92. The molecule has 0 radical (unpaired) electrons. The molecular formula is C23H31N3O3. The highest BCUT2D eigenvalue weighted by molar-refractivity contribution is 5.99. The molecule has 0 unspecified atom stereocenters. The van der Waals surface area contributed by atoms with E-state index < -0.39 is 5.91 Å². The Kier molecular flexibility index (Phi) is 5.54. The van der Waals surface area contributed by atoms with Crippen LogP contribution >= 0.6 is 0 Å². The number of carbonyl (C=O) groups excluding carboxylic acids is 1. The first-order valence-corrected chi connectivity index (χ1v) is 10.8. The fraction of sp³-hybridized carbons (Fsp3) is 0.522. The summed E-state index contributed by atoms with van der Waals surface area (Å²) in [5.74, 6) is -0.152. The topological polar surface area (TPSA) is 101 Å². The number of aromatic hydroxyl groups is 1. The highest BCUT2D eigenvalue weighted by Gasteiger charge is 2.26. The van der Waals surface area contributed by atoms with Crippen LogP contribution in [0.5, 0.6) is 5.88 Å². The molecule has 6 heteroatoms. The van der Waals surface area contributed by atoms with Gasteiger partial charge in [0.2, 0.25) is 0 Å². The molecule has 0 atom stereocenters. The number of aliphatic hydroxyl groups excluding tert-OH is 1. The molecule has 1 amide bonds. The van der Waals surface area contributed by atoms with E-state index in [9.17, 15) is 15.0 Å². The molecule has 2 aromatic rings. The molecule has 0 saturated heterocycles. The molecule has 2 aliphatic rings. The summed E-state index contributed by atoms with van der Waals surface area (Å²) in [6.45, 7) is 2.08.